The second-order valence-corrected chi connectivity index (χ2v) is 5.19. The van der Waals surface area contributed by atoms with Crippen LogP contribution in [0.15, 0.2) is 5.51 Å². The summed E-state index contributed by atoms with van der Waals surface area (Å²) in [5.41, 5.74) is 3.17. The SMILES string of the molecule is CCCCCC(NCCC)c1scnc1C. The Kier molecular flexibility index (Phi) is 6.65. The Hall–Kier alpha value is -0.410. The molecule has 0 saturated carbocycles. The highest BCUT2D eigenvalue weighted by Gasteiger charge is 2.14. The first-order valence-corrected chi connectivity index (χ1v) is 7.30. The predicted octanol–water partition coefficient (Wildman–Crippen LogP) is 4.07. The van der Waals surface area contributed by atoms with Crippen LogP contribution in [0.1, 0.15) is 62.6 Å². The Morgan fingerprint density at radius 1 is 1.31 bits per heavy atom. The fourth-order valence-corrected chi connectivity index (χ4v) is 2.80. The van der Waals surface area contributed by atoms with E-state index in [0.717, 1.165) is 6.54 Å². The average Bonchev–Trinajstić information content (AvgIpc) is 2.70. The molecule has 92 valence electrons. The van der Waals surface area contributed by atoms with Gasteiger partial charge in [0.05, 0.1) is 11.2 Å². The Balaban J connectivity index is 2.53. The van der Waals surface area contributed by atoms with Gasteiger partial charge in [0.25, 0.3) is 0 Å². The van der Waals surface area contributed by atoms with Crippen molar-refractivity contribution in [1.82, 2.24) is 10.3 Å². The van der Waals surface area contributed by atoms with Gasteiger partial charge in [-0.2, -0.15) is 0 Å². The van der Waals surface area contributed by atoms with Gasteiger partial charge in [0.1, 0.15) is 0 Å². The van der Waals surface area contributed by atoms with Crippen molar-refractivity contribution in [2.75, 3.05) is 6.54 Å². The lowest BCUT2D eigenvalue weighted by Crippen LogP contribution is -2.22. The highest BCUT2D eigenvalue weighted by Crippen LogP contribution is 2.26. The number of thiazole rings is 1. The normalized spacial score (nSPS) is 12.9. The maximum atomic E-state index is 4.35. The molecule has 0 aliphatic rings. The Bertz CT molecular complexity index is 283. The zero-order chi connectivity index (χ0) is 11.8. The molecule has 3 heteroatoms. The van der Waals surface area contributed by atoms with Gasteiger partial charge in [-0.3, -0.25) is 0 Å². The van der Waals surface area contributed by atoms with Crippen molar-refractivity contribution in [3.8, 4) is 0 Å². The van der Waals surface area contributed by atoms with Gasteiger partial charge in [-0.1, -0.05) is 33.1 Å². The first kappa shape index (κ1) is 13.7. The van der Waals surface area contributed by atoms with Gasteiger partial charge >= 0.3 is 0 Å². The summed E-state index contributed by atoms with van der Waals surface area (Å²) in [6.45, 7) is 7.70. The first-order chi connectivity index (χ1) is 7.79. The standard InChI is InChI=1S/C13H24N2S/c1-4-6-7-8-12(14-9-5-2)13-11(3)15-10-16-13/h10,12,14H,4-9H2,1-3H3. The number of aromatic nitrogens is 1. The fraction of sp³-hybridized carbons (Fsp3) is 0.769. The van der Waals surface area contributed by atoms with Crippen LogP contribution >= 0.6 is 11.3 Å². The second-order valence-electron chi connectivity index (χ2n) is 4.30. The minimum atomic E-state index is 0.527. The molecule has 0 aliphatic carbocycles. The van der Waals surface area contributed by atoms with E-state index < -0.39 is 0 Å². The molecule has 0 spiro atoms. The van der Waals surface area contributed by atoms with Crippen molar-refractivity contribution < 1.29 is 0 Å². The summed E-state index contributed by atoms with van der Waals surface area (Å²) in [5, 5.41) is 3.64. The second kappa shape index (κ2) is 7.80. The van der Waals surface area contributed by atoms with Gasteiger partial charge in [0.15, 0.2) is 0 Å². The molecule has 1 aromatic heterocycles. The van der Waals surface area contributed by atoms with Crippen molar-refractivity contribution >= 4 is 11.3 Å². The zero-order valence-electron chi connectivity index (χ0n) is 10.8. The third-order valence-electron chi connectivity index (χ3n) is 2.84. The lowest BCUT2D eigenvalue weighted by molar-refractivity contribution is 0.478. The minimum absolute atomic E-state index is 0.527. The molecule has 0 aliphatic heterocycles. The van der Waals surface area contributed by atoms with E-state index in [1.165, 1.54) is 42.7 Å². The third-order valence-corrected chi connectivity index (χ3v) is 3.88. The molecule has 0 aromatic carbocycles. The highest BCUT2D eigenvalue weighted by atomic mass is 32.1. The summed E-state index contributed by atoms with van der Waals surface area (Å²) >= 11 is 1.79. The van der Waals surface area contributed by atoms with Gasteiger partial charge in [0, 0.05) is 10.9 Å². The number of aryl methyl sites for hydroxylation is 1. The quantitative estimate of drug-likeness (QED) is 0.693. The van der Waals surface area contributed by atoms with Crippen molar-refractivity contribution in [2.24, 2.45) is 0 Å². The first-order valence-electron chi connectivity index (χ1n) is 6.42. The van der Waals surface area contributed by atoms with Crippen molar-refractivity contribution in [3.63, 3.8) is 0 Å². The van der Waals surface area contributed by atoms with Crippen LogP contribution in [0.4, 0.5) is 0 Å². The molecule has 1 unspecified atom stereocenters. The number of hydrogen-bond donors (Lipinski definition) is 1. The minimum Gasteiger partial charge on any atom is -0.309 e. The molecule has 0 amide bonds. The number of nitrogens with zero attached hydrogens (tertiary/aromatic N) is 1. The van der Waals surface area contributed by atoms with Crippen LogP contribution in [0.5, 0.6) is 0 Å². The fourth-order valence-electron chi connectivity index (χ4n) is 1.89. The monoisotopic (exact) mass is 240 g/mol. The molecular formula is C13H24N2S. The topological polar surface area (TPSA) is 24.9 Å². The molecule has 16 heavy (non-hydrogen) atoms. The Labute approximate surface area is 103 Å². The molecule has 1 rings (SSSR count). The average molecular weight is 240 g/mol. The van der Waals surface area contributed by atoms with Gasteiger partial charge in [0.2, 0.25) is 0 Å². The maximum Gasteiger partial charge on any atom is 0.0798 e. The number of nitrogens with one attached hydrogen (secondary N) is 1. The van der Waals surface area contributed by atoms with Gasteiger partial charge in [-0.25, -0.2) is 4.98 Å². The van der Waals surface area contributed by atoms with E-state index in [1.54, 1.807) is 11.3 Å². The van der Waals surface area contributed by atoms with Crippen LogP contribution in [0.2, 0.25) is 0 Å². The van der Waals surface area contributed by atoms with E-state index in [4.69, 9.17) is 0 Å². The molecule has 0 fully saturated rings. The molecule has 1 atom stereocenters. The summed E-state index contributed by atoms with van der Waals surface area (Å²) in [4.78, 5) is 5.79. The van der Waals surface area contributed by atoms with Crippen molar-refractivity contribution in [3.05, 3.63) is 16.1 Å². The molecule has 0 bridgehead atoms. The molecule has 1 aromatic rings. The van der Waals surface area contributed by atoms with E-state index in [-0.39, 0.29) is 0 Å². The van der Waals surface area contributed by atoms with E-state index in [0.29, 0.717) is 6.04 Å². The van der Waals surface area contributed by atoms with E-state index in [1.807, 2.05) is 5.51 Å². The number of unbranched alkanes of at least 4 members (excludes halogenated alkanes) is 2. The van der Waals surface area contributed by atoms with Gasteiger partial charge in [-0.05, 0) is 26.3 Å². The Morgan fingerprint density at radius 3 is 2.69 bits per heavy atom. The largest absolute Gasteiger partial charge is 0.309 e. The lowest BCUT2D eigenvalue weighted by Gasteiger charge is -2.17. The van der Waals surface area contributed by atoms with Crippen LogP contribution in [0.3, 0.4) is 0 Å². The summed E-state index contributed by atoms with van der Waals surface area (Å²) in [6, 6.07) is 0.527. The molecule has 0 radical (unpaired) electrons. The van der Waals surface area contributed by atoms with Crippen LogP contribution in [0.25, 0.3) is 0 Å². The van der Waals surface area contributed by atoms with E-state index in [9.17, 15) is 0 Å². The van der Waals surface area contributed by atoms with Crippen molar-refractivity contribution in [1.29, 1.82) is 0 Å². The molecule has 0 saturated heterocycles. The number of hydrogen-bond acceptors (Lipinski definition) is 3. The number of rotatable bonds is 8. The van der Waals surface area contributed by atoms with Crippen LogP contribution in [0, 0.1) is 6.92 Å². The smallest absolute Gasteiger partial charge is 0.0798 e. The van der Waals surface area contributed by atoms with Crippen LogP contribution in [-0.2, 0) is 0 Å². The van der Waals surface area contributed by atoms with Gasteiger partial charge < -0.3 is 5.32 Å². The van der Waals surface area contributed by atoms with Crippen molar-refractivity contribution in [2.45, 2.75) is 58.9 Å². The molecule has 1 heterocycles. The highest BCUT2D eigenvalue weighted by molar-refractivity contribution is 7.09. The van der Waals surface area contributed by atoms with Crippen LogP contribution in [-0.4, -0.2) is 11.5 Å². The maximum absolute atomic E-state index is 4.35. The molecule has 2 nitrogen and oxygen atoms in total. The summed E-state index contributed by atoms with van der Waals surface area (Å²) in [6.07, 6.45) is 6.39. The third kappa shape index (κ3) is 4.22. The Morgan fingerprint density at radius 2 is 2.12 bits per heavy atom. The summed E-state index contributed by atoms with van der Waals surface area (Å²) in [7, 11) is 0. The molecule has 1 N–H and O–H groups in total. The lowest BCUT2D eigenvalue weighted by atomic mass is 10.1. The van der Waals surface area contributed by atoms with E-state index >= 15 is 0 Å². The summed E-state index contributed by atoms with van der Waals surface area (Å²) < 4.78 is 0. The zero-order valence-corrected chi connectivity index (χ0v) is 11.6. The molecular weight excluding hydrogens is 216 g/mol. The van der Waals surface area contributed by atoms with Gasteiger partial charge in [-0.15, -0.1) is 11.3 Å². The van der Waals surface area contributed by atoms with Crippen LogP contribution < -0.4 is 5.32 Å². The predicted molar refractivity (Wildman–Crippen MR) is 72.0 cm³/mol. The summed E-state index contributed by atoms with van der Waals surface area (Å²) in [5.74, 6) is 0. The van der Waals surface area contributed by atoms with E-state index in [2.05, 4.69) is 31.1 Å².